The summed E-state index contributed by atoms with van der Waals surface area (Å²) in [5.74, 6) is -0.551. The normalized spacial score (nSPS) is 22.0. The smallest absolute Gasteiger partial charge is 0.271 e. The average molecular weight is 468 g/mol. The van der Waals surface area contributed by atoms with Crippen LogP contribution in [0.4, 0.5) is 0 Å². The van der Waals surface area contributed by atoms with Gasteiger partial charge in [-0.1, -0.05) is 18.2 Å². The number of aryl methyl sites for hydroxylation is 1. The second kappa shape index (κ2) is 7.18. The Morgan fingerprint density at radius 1 is 1.07 bits per heavy atom. The van der Waals surface area contributed by atoms with Crippen LogP contribution in [0, 0.1) is 5.92 Å². The van der Waals surface area contributed by atoms with Gasteiger partial charge in [0.05, 0.1) is 21.9 Å². The molecule has 0 saturated carbocycles. The highest BCUT2D eigenvalue weighted by atomic mass is 79.9. The first-order valence-electron chi connectivity index (χ1n) is 9.30. The Labute approximate surface area is 172 Å². The highest BCUT2D eigenvalue weighted by molar-refractivity contribution is 9.10. The van der Waals surface area contributed by atoms with Gasteiger partial charge in [0, 0.05) is 44.1 Å². The Hall–Kier alpha value is -1.87. The molecule has 0 spiro atoms. The molecule has 3 heterocycles. The van der Waals surface area contributed by atoms with Crippen molar-refractivity contribution in [1.29, 1.82) is 0 Å². The monoisotopic (exact) mass is 467 g/mol. The SMILES string of the molecule is Cn1c(C(=O)N2CCN(C(=O)C3CCS(=O)(=O)C3)CC2)c(Br)c2ccccc21. The van der Waals surface area contributed by atoms with Gasteiger partial charge in [-0.05, 0) is 28.4 Å². The van der Waals surface area contributed by atoms with E-state index in [0.717, 1.165) is 15.4 Å². The number of aromatic nitrogens is 1. The summed E-state index contributed by atoms with van der Waals surface area (Å²) in [6, 6.07) is 7.83. The molecule has 9 heteroatoms. The standard InChI is InChI=1S/C19H22BrN3O4S/c1-21-15-5-3-2-4-14(15)16(20)17(21)19(25)23-9-7-22(8-10-23)18(24)13-6-11-28(26,27)12-13/h2-5,13H,6-12H2,1H3. The molecule has 2 amide bonds. The van der Waals surface area contributed by atoms with Gasteiger partial charge >= 0.3 is 0 Å². The molecule has 0 N–H and O–H groups in total. The molecule has 150 valence electrons. The van der Waals surface area contributed by atoms with Crippen molar-refractivity contribution in [2.24, 2.45) is 13.0 Å². The lowest BCUT2D eigenvalue weighted by atomic mass is 10.1. The third-order valence-corrected chi connectivity index (χ3v) is 8.28. The van der Waals surface area contributed by atoms with E-state index in [1.54, 1.807) is 9.80 Å². The summed E-state index contributed by atoms with van der Waals surface area (Å²) in [7, 11) is -1.21. The number of rotatable bonds is 2. The predicted molar refractivity (Wildman–Crippen MR) is 110 cm³/mol. The topological polar surface area (TPSA) is 79.7 Å². The fourth-order valence-electron chi connectivity index (χ4n) is 4.11. The van der Waals surface area contributed by atoms with E-state index in [9.17, 15) is 18.0 Å². The lowest BCUT2D eigenvalue weighted by Gasteiger charge is -2.36. The van der Waals surface area contributed by atoms with Gasteiger partial charge in [-0.3, -0.25) is 9.59 Å². The summed E-state index contributed by atoms with van der Waals surface area (Å²) < 4.78 is 25.9. The van der Waals surface area contributed by atoms with Crippen LogP contribution >= 0.6 is 15.9 Å². The van der Waals surface area contributed by atoms with Crippen LogP contribution in [0.2, 0.25) is 0 Å². The van der Waals surface area contributed by atoms with Crippen LogP contribution in [0.25, 0.3) is 10.9 Å². The van der Waals surface area contributed by atoms with E-state index in [1.165, 1.54) is 0 Å². The van der Waals surface area contributed by atoms with E-state index in [0.29, 0.717) is 38.3 Å². The van der Waals surface area contributed by atoms with Crippen molar-refractivity contribution in [3.63, 3.8) is 0 Å². The highest BCUT2D eigenvalue weighted by Gasteiger charge is 2.37. The van der Waals surface area contributed by atoms with E-state index < -0.39 is 15.8 Å². The molecule has 0 radical (unpaired) electrons. The number of benzene rings is 1. The molecule has 1 aromatic carbocycles. The Morgan fingerprint density at radius 3 is 2.32 bits per heavy atom. The summed E-state index contributed by atoms with van der Waals surface area (Å²) in [5.41, 5.74) is 1.58. The number of para-hydroxylation sites is 1. The molecule has 1 aromatic heterocycles. The minimum Gasteiger partial charge on any atom is -0.339 e. The molecule has 1 unspecified atom stereocenters. The van der Waals surface area contributed by atoms with Crippen molar-refractivity contribution < 1.29 is 18.0 Å². The Kier molecular flexibility index (Phi) is 4.99. The van der Waals surface area contributed by atoms with Crippen molar-refractivity contribution >= 4 is 48.5 Å². The molecule has 0 bridgehead atoms. The van der Waals surface area contributed by atoms with Gasteiger partial charge in [0.1, 0.15) is 5.69 Å². The lowest BCUT2D eigenvalue weighted by Crippen LogP contribution is -2.52. The number of carbonyl (C=O) groups excluding carboxylic acids is 2. The third kappa shape index (κ3) is 3.34. The first-order valence-corrected chi connectivity index (χ1v) is 11.9. The van der Waals surface area contributed by atoms with Gasteiger partial charge < -0.3 is 14.4 Å². The van der Waals surface area contributed by atoms with E-state index in [4.69, 9.17) is 0 Å². The van der Waals surface area contributed by atoms with E-state index in [-0.39, 0.29) is 23.3 Å². The number of fused-ring (bicyclic) bond motifs is 1. The number of carbonyl (C=O) groups is 2. The number of sulfone groups is 1. The highest BCUT2D eigenvalue weighted by Crippen LogP contribution is 2.31. The zero-order valence-electron chi connectivity index (χ0n) is 15.6. The zero-order chi connectivity index (χ0) is 20.1. The number of amides is 2. The van der Waals surface area contributed by atoms with Crippen molar-refractivity contribution in [3.8, 4) is 0 Å². The maximum atomic E-state index is 13.1. The third-order valence-electron chi connectivity index (χ3n) is 5.71. The first-order chi connectivity index (χ1) is 13.3. The molecule has 2 fully saturated rings. The molecule has 2 saturated heterocycles. The minimum absolute atomic E-state index is 0.0478. The fourth-order valence-corrected chi connectivity index (χ4v) is 6.62. The Bertz CT molecular complexity index is 1020. The van der Waals surface area contributed by atoms with Crippen LogP contribution < -0.4 is 0 Å². The number of hydrogen-bond donors (Lipinski definition) is 0. The number of hydrogen-bond acceptors (Lipinski definition) is 4. The zero-order valence-corrected chi connectivity index (χ0v) is 18.0. The van der Waals surface area contributed by atoms with Crippen molar-refractivity contribution in [1.82, 2.24) is 14.4 Å². The minimum atomic E-state index is -3.08. The van der Waals surface area contributed by atoms with E-state index >= 15 is 0 Å². The molecular formula is C19H22BrN3O4S. The molecule has 7 nitrogen and oxygen atoms in total. The van der Waals surface area contributed by atoms with E-state index in [1.807, 2.05) is 35.9 Å². The summed E-state index contributed by atoms with van der Waals surface area (Å²) in [4.78, 5) is 29.2. The molecule has 2 aliphatic heterocycles. The van der Waals surface area contributed by atoms with Crippen LogP contribution in [0.3, 0.4) is 0 Å². The number of piperazine rings is 1. The van der Waals surface area contributed by atoms with Crippen LogP contribution in [-0.2, 0) is 21.7 Å². The first kappa shape index (κ1) is 19.4. The van der Waals surface area contributed by atoms with Gasteiger partial charge in [-0.25, -0.2) is 8.42 Å². The Balaban J connectivity index is 1.46. The molecular weight excluding hydrogens is 446 g/mol. The summed E-state index contributed by atoms with van der Waals surface area (Å²) in [5, 5.41) is 0.990. The van der Waals surface area contributed by atoms with Gasteiger partial charge in [-0.2, -0.15) is 0 Å². The maximum Gasteiger partial charge on any atom is 0.271 e. The van der Waals surface area contributed by atoms with Gasteiger partial charge in [0.2, 0.25) is 5.91 Å². The second-order valence-corrected chi connectivity index (χ2v) is 10.5. The molecule has 0 aliphatic carbocycles. The Morgan fingerprint density at radius 2 is 1.71 bits per heavy atom. The molecule has 1 atom stereocenters. The van der Waals surface area contributed by atoms with E-state index in [2.05, 4.69) is 15.9 Å². The van der Waals surface area contributed by atoms with Crippen LogP contribution in [0.15, 0.2) is 28.7 Å². The van der Waals surface area contributed by atoms with Crippen LogP contribution in [-0.4, -0.2) is 72.3 Å². The number of halogens is 1. The molecule has 2 aliphatic rings. The largest absolute Gasteiger partial charge is 0.339 e. The maximum absolute atomic E-state index is 13.1. The lowest BCUT2D eigenvalue weighted by molar-refractivity contribution is -0.136. The molecule has 28 heavy (non-hydrogen) atoms. The summed E-state index contributed by atoms with van der Waals surface area (Å²) in [6.07, 6.45) is 0.406. The van der Waals surface area contributed by atoms with Crippen molar-refractivity contribution in [2.75, 3.05) is 37.7 Å². The van der Waals surface area contributed by atoms with Crippen molar-refractivity contribution in [3.05, 3.63) is 34.4 Å². The summed E-state index contributed by atoms with van der Waals surface area (Å²) >= 11 is 3.57. The average Bonchev–Trinajstić information content (AvgIpc) is 3.18. The van der Waals surface area contributed by atoms with Crippen molar-refractivity contribution in [2.45, 2.75) is 6.42 Å². The quantitative estimate of drug-likeness (QED) is 0.672. The van der Waals surface area contributed by atoms with Crippen LogP contribution in [0.1, 0.15) is 16.9 Å². The fraction of sp³-hybridized carbons (Fsp3) is 0.474. The van der Waals surface area contributed by atoms with Crippen LogP contribution in [0.5, 0.6) is 0 Å². The number of nitrogens with zero attached hydrogens (tertiary/aromatic N) is 3. The molecule has 4 rings (SSSR count). The predicted octanol–water partition coefficient (Wildman–Crippen LogP) is 1.66. The van der Waals surface area contributed by atoms with Gasteiger partial charge in [0.25, 0.3) is 5.91 Å². The molecule has 2 aromatic rings. The second-order valence-electron chi connectivity index (χ2n) is 7.46. The summed E-state index contributed by atoms with van der Waals surface area (Å²) in [6.45, 7) is 1.75. The van der Waals surface area contributed by atoms with Gasteiger partial charge in [0.15, 0.2) is 9.84 Å². The van der Waals surface area contributed by atoms with Gasteiger partial charge in [-0.15, -0.1) is 0 Å².